The van der Waals surface area contributed by atoms with E-state index < -0.39 is 17.8 Å². The molecule has 0 fully saturated rings. The first kappa shape index (κ1) is 27.2. The lowest BCUT2D eigenvalue weighted by Crippen LogP contribution is -2.52. The van der Waals surface area contributed by atoms with Gasteiger partial charge in [-0.05, 0) is 48.7 Å². The van der Waals surface area contributed by atoms with E-state index >= 15 is 0 Å². The molecule has 0 saturated carbocycles. The van der Waals surface area contributed by atoms with Gasteiger partial charge in [-0.2, -0.15) is 0 Å². The average Bonchev–Trinajstić information content (AvgIpc) is 2.88. The number of carbonyl (C=O) groups is 2. The van der Waals surface area contributed by atoms with Crippen molar-refractivity contribution < 1.29 is 18.7 Å². The normalized spacial score (nSPS) is 11.6. The summed E-state index contributed by atoms with van der Waals surface area (Å²) in [6.45, 7) is 4.02. The van der Waals surface area contributed by atoms with Crippen molar-refractivity contribution in [2.45, 2.75) is 45.7 Å². The van der Waals surface area contributed by atoms with E-state index in [1.807, 2.05) is 44.2 Å². The molecule has 0 bridgehead atoms. The second-order valence-electron chi connectivity index (χ2n) is 8.66. The van der Waals surface area contributed by atoms with Gasteiger partial charge >= 0.3 is 0 Å². The lowest BCUT2D eigenvalue weighted by Gasteiger charge is -2.31. The third-order valence-electron chi connectivity index (χ3n) is 5.89. The van der Waals surface area contributed by atoms with Gasteiger partial charge in [0, 0.05) is 30.1 Å². The predicted octanol–water partition coefficient (Wildman–Crippen LogP) is 5.72. The minimum absolute atomic E-state index is 0.0623. The topological polar surface area (TPSA) is 58.6 Å². The predicted molar refractivity (Wildman–Crippen MR) is 140 cm³/mol. The summed E-state index contributed by atoms with van der Waals surface area (Å²) in [7, 11) is 0. The molecule has 0 spiro atoms. The first-order chi connectivity index (χ1) is 17.4. The van der Waals surface area contributed by atoms with Crippen molar-refractivity contribution in [1.29, 1.82) is 0 Å². The van der Waals surface area contributed by atoms with Crippen LogP contribution in [0.3, 0.4) is 0 Å². The first-order valence-corrected chi connectivity index (χ1v) is 12.5. The van der Waals surface area contributed by atoms with Crippen LogP contribution in [-0.4, -0.2) is 35.9 Å². The lowest BCUT2D eigenvalue weighted by molar-refractivity contribution is -0.142. The van der Waals surface area contributed by atoms with Gasteiger partial charge in [0.1, 0.15) is 17.6 Å². The van der Waals surface area contributed by atoms with E-state index in [1.165, 1.54) is 11.0 Å². The van der Waals surface area contributed by atoms with Crippen LogP contribution < -0.4 is 10.1 Å². The molecule has 3 aromatic rings. The molecule has 0 aliphatic carbocycles. The van der Waals surface area contributed by atoms with Crippen LogP contribution >= 0.6 is 11.6 Å². The number of rotatable bonds is 12. The number of halogens is 2. The highest BCUT2D eigenvalue weighted by atomic mass is 35.5. The second kappa shape index (κ2) is 13.6. The molecule has 1 N–H and O–H groups in total. The van der Waals surface area contributed by atoms with Crippen molar-refractivity contribution in [2.75, 3.05) is 13.2 Å². The van der Waals surface area contributed by atoms with Gasteiger partial charge in [0.25, 0.3) is 5.91 Å². The number of unbranched alkanes of at least 4 members (excludes halogenated alkanes) is 1. The van der Waals surface area contributed by atoms with E-state index in [2.05, 4.69) is 5.32 Å². The van der Waals surface area contributed by atoms with Crippen LogP contribution in [-0.2, 0) is 22.6 Å². The summed E-state index contributed by atoms with van der Waals surface area (Å²) in [5, 5.41) is 3.54. The second-order valence-corrected chi connectivity index (χ2v) is 9.07. The Bertz CT molecular complexity index is 1160. The highest BCUT2D eigenvalue weighted by Gasteiger charge is 2.31. The SMILES string of the molecule is CCCCNC(=O)[C@@H](Cc1ccccc1)N(Cc1ccccc1F)C(=O)COc1ccc(Cl)c(C)c1. The maximum absolute atomic E-state index is 14.6. The molecule has 7 heteroatoms. The fourth-order valence-electron chi connectivity index (χ4n) is 3.81. The third kappa shape index (κ3) is 7.82. The van der Waals surface area contributed by atoms with Crippen LogP contribution in [0, 0.1) is 12.7 Å². The van der Waals surface area contributed by atoms with Gasteiger partial charge in [0.05, 0.1) is 0 Å². The lowest BCUT2D eigenvalue weighted by atomic mass is 10.0. The number of amides is 2. The Hall–Kier alpha value is -3.38. The molecule has 0 aliphatic rings. The summed E-state index contributed by atoms with van der Waals surface area (Å²) in [6.07, 6.45) is 2.04. The van der Waals surface area contributed by atoms with Gasteiger partial charge in [-0.1, -0.05) is 73.5 Å². The van der Waals surface area contributed by atoms with E-state index in [0.717, 1.165) is 24.0 Å². The van der Waals surface area contributed by atoms with Crippen LogP contribution in [0.15, 0.2) is 72.8 Å². The van der Waals surface area contributed by atoms with E-state index in [-0.39, 0.29) is 19.1 Å². The molecule has 0 heterocycles. The van der Waals surface area contributed by atoms with Crippen molar-refractivity contribution in [3.05, 3.63) is 100 Å². The number of nitrogens with zero attached hydrogens (tertiary/aromatic N) is 1. The zero-order valence-electron chi connectivity index (χ0n) is 20.7. The highest BCUT2D eigenvalue weighted by Crippen LogP contribution is 2.22. The fourth-order valence-corrected chi connectivity index (χ4v) is 3.92. The molecule has 0 radical (unpaired) electrons. The third-order valence-corrected chi connectivity index (χ3v) is 6.31. The maximum Gasteiger partial charge on any atom is 0.261 e. The summed E-state index contributed by atoms with van der Waals surface area (Å²) in [5.74, 6) is -0.644. The van der Waals surface area contributed by atoms with E-state index in [0.29, 0.717) is 29.3 Å². The Kier molecular flexibility index (Phi) is 10.3. The molecule has 2 amide bonds. The van der Waals surface area contributed by atoms with Gasteiger partial charge in [-0.25, -0.2) is 4.39 Å². The summed E-state index contributed by atoms with van der Waals surface area (Å²) < 4.78 is 20.4. The molecule has 0 saturated heterocycles. The Labute approximate surface area is 217 Å². The van der Waals surface area contributed by atoms with Crippen molar-refractivity contribution in [2.24, 2.45) is 0 Å². The van der Waals surface area contributed by atoms with Gasteiger partial charge < -0.3 is 15.0 Å². The molecule has 3 rings (SSSR count). The van der Waals surface area contributed by atoms with E-state index in [1.54, 1.807) is 36.4 Å². The van der Waals surface area contributed by atoms with E-state index in [9.17, 15) is 14.0 Å². The smallest absolute Gasteiger partial charge is 0.261 e. The number of carbonyl (C=O) groups excluding carboxylic acids is 2. The first-order valence-electron chi connectivity index (χ1n) is 12.1. The molecule has 5 nitrogen and oxygen atoms in total. The van der Waals surface area contributed by atoms with Crippen LogP contribution in [0.2, 0.25) is 5.02 Å². The molecule has 36 heavy (non-hydrogen) atoms. The quantitative estimate of drug-likeness (QED) is 0.317. The van der Waals surface area contributed by atoms with Gasteiger partial charge in [0.15, 0.2) is 6.61 Å². The zero-order valence-corrected chi connectivity index (χ0v) is 21.4. The van der Waals surface area contributed by atoms with Crippen LogP contribution in [0.1, 0.15) is 36.5 Å². The Morgan fingerprint density at radius 1 is 1.06 bits per heavy atom. The fraction of sp³-hybridized carbons (Fsp3) is 0.310. The van der Waals surface area contributed by atoms with Gasteiger partial charge in [-0.3, -0.25) is 9.59 Å². The minimum atomic E-state index is -0.841. The number of aryl methyl sites for hydroxylation is 1. The number of nitrogens with one attached hydrogen (secondary N) is 1. The number of benzene rings is 3. The molecule has 0 unspecified atom stereocenters. The number of hydrogen-bond donors (Lipinski definition) is 1. The number of ether oxygens (including phenoxy) is 1. The molecule has 1 atom stereocenters. The maximum atomic E-state index is 14.6. The Balaban J connectivity index is 1.89. The summed E-state index contributed by atoms with van der Waals surface area (Å²) in [5.41, 5.74) is 2.04. The summed E-state index contributed by atoms with van der Waals surface area (Å²) in [4.78, 5) is 28.3. The monoisotopic (exact) mass is 510 g/mol. The van der Waals surface area contributed by atoms with Gasteiger partial charge in [-0.15, -0.1) is 0 Å². The van der Waals surface area contributed by atoms with Crippen molar-refractivity contribution >= 4 is 23.4 Å². The number of hydrogen-bond acceptors (Lipinski definition) is 3. The average molecular weight is 511 g/mol. The van der Waals surface area contributed by atoms with Crippen molar-refractivity contribution in [1.82, 2.24) is 10.2 Å². The molecule has 3 aromatic carbocycles. The Morgan fingerprint density at radius 3 is 2.47 bits per heavy atom. The summed E-state index contributed by atoms with van der Waals surface area (Å²) in [6, 6.07) is 20.0. The molecular formula is C29H32ClFN2O3. The summed E-state index contributed by atoms with van der Waals surface area (Å²) >= 11 is 6.09. The van der Waals surface area contributed by atoms with Crippen molar-refractivity contribution in [3.63, 3.8) is 0 Å². The van der Waals surface area contributed by atoms with Crippen LogP contribution in [0.5, 0.6) is 5.75 Å². The zero-order chi connectivity index (χ0) is 25.9. The van der Waals surface area contributed by atoms with E-state index in [4.69, 9.17) is 16.3 Å². The van der Waals surface area contributed by atoms with Crippen LogP contribution in [0.4, 0.5) is 4.39 Å². The largest absolute Gasteiger partial charge is 0.484 e. The molecule has 0 aliphatic heterocycles. The van der Waals surface area contributed by atoms with Crippen molar-refractivity contribution in [3.8, 4) is 5.75 Å². The van der Waals surface area contributed by atoms with Crippen LogP contribution in [0.25, 0.3) is 0 Å². The minimum Gasteiger partial charge on any atom is -0.484 e. The Morgan fingerprint density at radius 2 is 1.78 bits per heavy atom. The standard InChI is InChI=1S/C29H32ClFN2O3/c1-3-4-16-32-29(35)27(18-22-10-6-5-7-11-22)33(19-23-12-8-9-13-26(23)31)28(34)20-36-24-14-15-25(30)21(2)17-24/h5-15,17,27H,3-4,16,18-20H2,1-2H3,(H,32,35)/t27-/m1/s1. The molecular weight excluding hydrogens is 479 g/mol. The molecule has 0 aromatic heterocycles. The van der Waals surface area contributed by atoms with Gasteiger partial charge in [0.2, 0.25) is 5.91 Å². The highest BCUT2D eigenvalue weighted by molar-refractivity contribution is 6.31. The molecule has 190 valence electrons.